The fourth-order valence-electron chi connectivity index (χ4n) is 1.97. The van der Waals surface area contributed by atoms with Gasteiger partial charge >= 0.3 is 12.1 Å². The number of esters is 1. The molecule has 0 saturated heterocycles. The summed E-state index contributed by atoms with van der Waals surface area (Å²) >= 11 is 0. The van der Waals surface area contributed by atoms with Crippen molar-refractivity contribution >= 4 is 17.8 Å². The van der Waals surface area contributed by atoms with Crippen LogP contribution in [0.4, 0.5) is 4.79 Å². The average Bonchev–Trinajstić information content (AvgIpc) is 2.53. The van der Waals surface area contributed by atoms with Crippen LogP contribution in [0.1, 0.15) is 40.2 Å². The number of nitrogens with zero attached hydrogens (tertiary/aromatic N) is 1. The summed E-state index contributed by atoms with van der Waals surface area (Å²) in [5.74, 6) is 0.0988. The zero-order valence-corrected chi connectivity index (χ0v) is 15.6. The van der Waals surface area contributed by atoms with Crippen molar-refractivity contribution in [3.8, 4) is 5.75 Å². The molecule has 1 rings (SSSR count). The van der Waals surface area contributed by atoms with Crippen LogP contribution in [0.5, 0.6) is 5.75 Å². The Kier molecular flexibility index (Phi) is 7.36. The Morgan fingerprint density at radius 3 is 2.20 bits per heavy atom. The van der Waals surface area contributed by atoms with Gasteiger partial charge in [0.15, 0.2) is 0 Å². The first kappa shape index (κ1) is 20.4. The van der Waals surface area contributed by atoms with Crippen LogP contribution in [-0.4, -0.2) is 37.1 Å². The van der Waals surface area contributed by atoms with Crippen LogP contribution in [0.25, 0.3) is 0 Å². The molecular weight excluding hydrogens is 322 g/mol. The lowest BCUT2D eigenvalue weighted by molar-refractivity contribution is -0.137. The molecule has 1 aromatic carbocycles. The molecule has 0 N–H and O–H groups in total. The van der Waals surface area contributed by atoms with E-state index < -0.39 is 17.7 Å². The first-order valence-corrected chi connectivity index (χ1v) is 8.01. The van der Waals surface area contributed by atoms with Crippen LogP contribution in [0, 0.1) is 0 Å². The molecule has 0 heterocycles. The first-order chi connectivity index (χ1) is 11.7. The number of hydrogen-bond donors (Lipinski definition) is 0. The number of benzene rings is 1. The number of allylic oxidation sites excluding steroid dienone is 1. The Hall–Kier alpha value is -2.63. The summed E-state index contributed by atoms with van der Waals surface area (Å²) in [4.78, 5) is 28.4. The highest BCUT2D eigenvalue weighted by Crippen LogP contribution is 2.18. The first-order valence-electron chi connectivity index (χ1n) is 8.01. The molecule has 0 saturated carbocycles. The van der Waals surface area contributed by atoms with Gasteiger partial charge in [-0.1, -0.05) is 6.08 Å². The molecular formula is C19H25NO5. The van der Waals surface area contributed by atoms with Gasteiger partial charge in [0.05, 0.1) is 25.0 Å². The number of hydrogen-bond acceptors (Lipinski definition) is 5. The summed E-state index contributed by atoms with van der Waals surface area (Å²) < 4.78 is 15.4. The summed E-state index contributed by atoms with van der Waals surface area (Å²) in [7, 11) is 1.56. The highest BCUT2D eigenvalue weighted by atomic mass is 16.6. The zero-order chi connectivity index (χ0) is 19.0. The van der Waals surface area contributed by atoms with Crippen LogP contribution in [0.2, 0.25) is 0 Å². The van der Waals surface area contributed by atoms with E-state index in [1.165, 1.54) is 0 Å². The van der Waals surface area contributed by atoms with Gasteiger partial charge in [-0.25, -0.2) is 9.59 Å². The maximum absolute atomic E-state index is 12.2. The zero-order valence-electron chi connectivity index (χ0n) is 15.6. The molecule has 0 aliphatic rings. The third-order valence-corrected chi connectivity index (χ3v) is 3.00. The Labute approximate surface area is 148 Å². The molecule has 0 fully saturated rings. The lowest BCUT2D eigenvalue weighted by Crippen LogP contribution is -2.24. The topological polar surface area (TPSA) is 74.2 Å². The van der Waals surface area contributed by atoms with Crippen LogP contribution < -0.4 is 4.74 Å². The third kappa shape index (κ3) is 6.41. The molecule has 136 valence electrons. The Morgan fingerprint density at radius 2 is 1.76 bits per heavy atom. The minimum atomic E-state index is -0.776. The summed E-state index contributed by atoms with van der Waals surface area (Å²) in [5.41, 5.74) is 0.273. The number of rotatable bonds is 5. The van der Waals surface area contributed by atoms with Crippen molar-refractivity contribution in [3.63, 3.8) is 0 Å². The van der Waals surface area contributed by atoms with Gasteiger partial charge in [-0.3, -0.25) is 0 Å². The van der Waals surface area contributed by atoms with Crippen molar-refractivity contribution in [2.24, 2.45) is 4.99 Å². The lowest BCUT2D eigenvalue weighted by Gasteiger charge is -2.18. The summed E-state index contributed by atoms with van der Waals surface area (Å²) in [6.45, 7) is 8.85. The predicted molar refractivity (Wildman–Crippen MR) is 96.2 cm³/mol. The van der Waals surface area contributed by atoms with Crippen molar-refractivity contribution in [2.75, 3.05) is 13.7 Å². The van der Waals surface area contributed by atoms with E-state index in [0.717, 1.165) is 0 Å². The number of carbonyl (C=O) groups excluding carboxylic acids is 2. The Morgan fingerprint density at radius 1 is 1.16 bits per heavy atom. The Bertz CT molecular complexity index is 666. The lowest BCUT2D eigenvalue weighted by atomic mass is 10.0. The normalized spacial score (nSPS) is 12.6. The number of ether oxygens (including phenoxy) is 3. The van der Waals surface area contributed by atoms with Gasteiger partial charge in [0.1, 0.15) is 11.4 Å². The van der Waals surface area contributed by atoms with E-state index in [4.69, 9.17) is 14.2 Å². The van der Waals surface area contributed by atoms with Crippen molar-refractivity contribution in [1.82, 2.24) is 0 Å². The number of aliphatic imine (C=N–C) groups is 1. The van der Waals surface area contributed by atoms with E-state index in [1.54, 1.807) is 72.1 Å². The van der Waals surface area contributed by atoms with E-state index in [0.29, 0.717) is 11.3 Å². The largest absolute Gasteiger partial charge is 0.497 e. The molecule has 6 heteroatoms. The molecule has 0 unspecified atom stereocenters. The molecule has 25 heavy (non-hydrogen) atoms. The number of carbonyl (C=O) groups is 2. The standard InChI is InChI=1S/C19H25NO5/c1-7-15(17(21)24-8-2)16(20-18(22)25-19(3,4)5)13-9-11-14(23-6)12-10-13/h7,9-12H,8H2,1-6H3/b15-7+,20-16-. The maximum atomic E-state index is 12.2. The van der Waals surface area contributed by atoms with E-state index >= 15 is 0 Å². The number of methoxy groups -OCH3 is 1. The average molecular weight is 347 g/mol. The molecule has 0 aliphatic heterocycles. The molecule has 1 aromatic rings. The van der Waals surface area contributed by atoms with E-state index in [2.05, 4.69) is 4.99 Å². The van der Waals surface area contributed by atoms with Gasteiger partial charge in [0.2, 0.25) is 0 Å². The molecule has 0 aromatic heterocycles. The number of amides is 1. The van der Waals surface area contributed by atoms with Crippen LogP contribution in [0.3, 0.4) is 0 Å². The maximum Gasteiger partial charge on any atom is 0.434 e. The van der Waals surface area contributed by atoms with Crippen LogP contribution in [0.15, 0.2) is 40.9 Å². The predicted octanol–water partition coefficient (Wildman–Crippen LogP) is 3.93. The van der Waals surface area contributed by atoms with Gasteiger partial charge in [-0.2, -0.15) is 4.99 Å². The van der Waals surface area contributed by atoms with Gasteiger partial charge in [0, 0.05) is 5.56 Å². The molecule has 0 bridgehead atoms. The second-order valence-electron chi connectivity index (χ2n) is 6.09. The summed E-state index contributed by atoms with van der Waals surface area (Å²) in [5, 5.41) is 0. The third-order valence-electron chi connectivity index (χ3n) is 3.00. The highest BCUT2D eigenvalue weighted by molar-refractivity contribution is 6.28. The molecule has 0 radical (unpaired) electrons. The summed E-state index contributed by atoms with van der Waals surface area (Å²) in [6.07, 6.45) is 0.785. The second-order valence-corrected chi connectivity index (χ2v) is 6.09. The fraction of sp³-hybridized carbons (Fsp3) is 0.421. The van der Waals surface area contributed by atoms with Gasteiger partial charge in [0.25, 0.3) is 0 Å². The van der Waals surface area contributed by atoms with Crippen LogP contribution >= 0.6 is 0 Å². The monoisotopic (exact) mass is 347 g/mol. The van der Waals surface area contributed by atoms with Gasteiger partial charge < -0.3 is 14.2 Å². The molecule has 0 atom stereocenters. The van der Waals surface area contributed by atoms with E-state index in [-0.39, 0.29) is 17.9 Å². The fourth-order valence-corrected chi connectivity index (χ4v) is 1.97. The van der Waals surface area contributed by atoms with Gasteiger partial charge in [-0.15, -0.1) is 0 Å². The summed E-state index contributed by atoms with van der Waals surface area (Å²) in [6, 6.07) is 6.87. The molecule has 1 amide bonds. The SMILES string of the molecule is C/C=C(C(=O)OCC)\C(=N/C(=O)OC(C)(C)C)c1ccc(OC)cc1. The van der Waals surface area contributed by atoms with Crippen LogP contribution in [-0.2, 0) is 14.3 Å². The second kappa shape index (κ2) is 9.01. The smallest absolute Gasteiger partial charge is 0.434 e. The van der Waals surface area contributed by atoms with Crippen molar-refractivity contribution in [3.05, 3.63) is 41.5 Å². The Balaban J connectivity index is 3.34. The molecule has 6 nitrogen and oxygen atoms in total. The van der Waals surface area contributed by atoms with E-state index in [1.807, 2.05) is 0 Å². The minimum Gasteiger partial charge on any atom is -0.497 e. The van der Waals surface area contributed by atoms with E-state index in [9.17, 15) is 9.59 Å². The quantitative estimate of drug-likeness (QED) is 0.458. The highest BCUT2D eigenvalue weighted by Gasteiger charge is 2.22. The van der Waals surface area contributed by atoms with Crippen molar-refractivity contribution < 1.29 is 23.8 Å². The molecule has 0 aliphatic carbocycles. The van der Waals surface area contributed by atoms with Crippen molar-refractivity contribution in [2.45, 2.75) is 40.2 Å². The van der Waals surface area contributed by atoms with Crippen molar-refractivity contribution in [1.29, 1.82) is 0 Å². The molecule has 0 spiro atoms. The van der Waals surface area contributed by atoms with Gasteiger partial charge in [-0.05, 0) is 58.9 Å². The minimum absolute atomic E-state index is 0.192.